The molecule has 1 aliphatic carbocycles. The second-order valence-corrected chi connectivity index (χ2v) is 10.9. The zero-order valence-electron chi connectivity index (χ0n) is 19.3. The number of rotatable bonds is 4. The number of thiophene rings is 1. The fraction of sp³-hybridized carbons (Fsp3) is 0.462. The highest BCUT2D eigenvalue weighted by molar-refractivity contribution is 7.17. The molecule has 2 aromatic heterocycles. The molecule has 1 saturated carbocycles. The van der Waals surface area contributed by atoms with Crippen molar-refractivity contribution in [2.24, 2.45) is 11.8 Å². The smallest absolute Gasteiger partial charge is 0.271 e. The van der Waals surface area contributed by atoms with Crippen LogP contribution in [0, 0.1) is 17.7 Å². The van der Waals surface area contributed by atoms with Crippen molar-refractivity contribution < 1.29 is 14.0 Å². The topological polar surface area (TPSA) is 54.3 Å². The molecule has 3 heterocycles. The third-order valence-electron chi connectivity index (χ3n) is 7.82. The van der Waals surface area contributed by atoms with Crippen LogP contribution < -0.4 is 5.32 Å². The molecule has 0 saturated heterocycles. The molecule has 3 aromatic rings. The van der Waals surface area contributed by atoms with Crippen molar-refractivity contribution >= 4 is 33.4 Å². The Bertz CT molecular complexity index is 1200. The van der Waals surface area contributed by atoms with E-state index < -0.39 is 5.54 Å². The third kappa shape index (κ3) is 3.76. The molecule has 174 valence electrons. The Morgan fingerprint density at radius 1 is 1.21 bits per heavy atom. The van der Waals surface area contributed by atoms with Gasteiger partial charge in [0.25, 0.3) is 5.91 Å². The van der Waals surface area contributed by atoms with Crippen molar-refractivity contribution in [3.05, 3.63) is 58.9 Å². The molecule has 5 nitrogen and oxygen atoms in total. The maximum Gasteiger partial charge on any atom is 0.271 e. The summed E-state index contributed by atoms with van der Waals surface area (Å²) >= 11 is 1.59. The first-order chi connectivity index (χ1) is 15.8. The van der Waals surface area contributed by atoms with Crippen LogP contribution in [0.5, 0.6) is 0 Å². The highest BCUT2D eigenvalue weighted by Crippen LogP contribution is 2.36. The van der Waals surface area contributed by atoms with Gasteiger partial charge in [-0.2, -0.15) is 0 Å². The van der Waals surface area contributed by atoms with Gasteiger partial charge in [-0.15, -0.1) is 11.3 Å². The number of carbonyl (C=O) groups excluding carboxylic acids is 2. The van der Waals surface area contributed by atoms with Gasteiger partial charge in [0.05, 0.1) is 16.8 Å². The number of hydrogen-bond donors (Lipinski definition) is 1. The van der Waals surface area contributed by atoms with E-state index in [1.165, 1.54) is 18.6 Å². The average molecular weight is 468 g/mol. The van der Waals surface area contributed by atoms with Crippen molar-refractivity contribution in [2.75, 3.05) is 0 Å². The molecular formula is C26H30FN3O2S. The first-order valence-corrected chi connectivity index (χ1v) is 12.6. The van der Waals surface area contributed by atoms with E-state index in [0.29, 0.717) is 24.1 Å². The summed E-state index contributed by atoms with van der Waals surface area (Å²) in [5.41, 5.74) is 1.32. The molecule has 33 heavy (non-hydrogen) atoms. The van der Waals surface area contributed by atoms with Crippen molar-refractivity contribution in [2.45, 2.75) is 64.7 Å². The standard InChI is InChI=1S/C26H30FN3O2S/c1-16-5-4-6-20(17(16)2)28-25(32)26(3)15-29-21-11-12-33-23(21)13-22(29)24(31)30(26)14-18-7-9-19(27)10-8-18/h7-13,16-17,20H,4-6,14-15H2,1-3H3,(H,28,32)/t16-,17+,20+,26+/m1/s1. The van der Waals surface area contributed by atoms with Gasteiger partial charge in [0, 0.05) is 12.6 Å². The summed E-state index contributed by atoms with van der Waals surface area (Å²) in [7, 11) is 0. The van der Waals surface area contributed by atoms with Gasteiger partial charge in [0.2, 0.25) is 5.91 Å². The number of fused-ring (bicyclic) bond motifs is 3. The number of hydrogen-bond acceptors (Lipinski definition) is 3. The first kappa shape index (κ1) is 22.1. The molecule has 2 aliphatic rings. The lowest BCUT2D eigenvalue weighted by Gasteiger charge is -2.45. The molecule has 0 radical (unpaired) electrons. The summed E-state index contributed by atoms with van der Waals surface area (Å²) in [5, 5.41) is 5.33. The monoisotopic (exact) mass is 467 g/mol. The van der Waals surface area contributed by atoms with Crippen LogP contribution >= 0.6 is 11.3 Å². The highest BCUT2D eigenvalue weighted by atomic mass is 32.1. The van der Waals surface area contributed by atoms with Crippen molar-refractivity contribution in [1.29, 1.82) is 0 Å². The molecule has 4 atom stereocenters. The maximum absolute atomic E-state index is 13.9. The van der Waals surface area contributed by atoms with Gasteiger partial charge < -0.3 is 14.8 Å². The van der Waals surface area contributed by atoms with E-state index in [1.807, 2.05) is 29.0 Å². The van der Waals surface area contributed by atoms with Gasteiger partial charge in [-0.3, -0.25) is 9.59 Å². The summed E-state index contributed by atoms with van der Waals surface area (Å²) < 4.78 is 16.5. The van der Waals surface area contributed by atoms with Crippen molar-refractivity contribution in [3.8, 4) is 0 Å². The van der Waals surface area contributed by atoms with Gasteiger partial charge >= 0.3 is 0 Å². The second-order valence-electron chi connectivity index (χ2n) is 9.92. The lowest BCUT2D eigenvalue weighted by Crippen LogP contribution is -2.65. The van der Waals surface area contributed by atoms with Crippen molar-refractivity contribution in [1.82, 2.24) is 14.8 Å². The van der Waals surface area contributed by atoms with Gasteiger partial charge in [-0.1, -0.05) is 38.8 Å². The van der Waals surface area contributed by atoms with Gasteiger partial charge in [0.15, 0.2) is 0 Å². The number of aromatic nitrogens is 1. The number of halogens is 1. The lowest BCUT2D eigenvalue weighted by molar-refractivity contribution is -0.134. The molecule has 0 unspecified atom stereocenters. The predicted molar refractivity (Wildman–Crippen MR) is 129 cm³/mol. The summed E-state index contributed by atoms with van der Waals surface area (Å²) in [6.45, 7) is 6.95. The summed E-state index contributed by atoms with van der Waals surface area (Å²) in [4.78, 5) is 29.3. The Labute approximate surface area is 197 Å². The van der Waals surface area contributed by atoms with Gasteiger partial charge in [0.1, 0.15) is 17.1 Å². The predicted octanol–water partition coefficient (Wildman–Crippen LogP) is 5.20. The quantitative estimate of drug-likeness (QED) is 0.574. The van der Waals surface area contributed by atoms with Gasteiger partial charge in [-0.05, 0) is 60.4 Å². The molecular weight excluding hydrogens is 437 g/mol. The van der Waals surface area contributed by atoms with Crippen molar-refractivity contribution in [3.63, 3.8) is 0 Å². The zero-order valence-corrected chi connectivity index (χ0v) is 20.1. The van der Waals surface area contributed by atoms with Crippen LogP contribution in [-0.2, 0) is 17.9 Å². The molecule has 1 aromatic carbocycles. The van der Waals surface area contributed by atoms with Crippen LogP contribution in [0.25, 0.3) is 10.2 Å². The van der Waals surface area contributed by atoms with Crippen LogP contribution in [0.1, 0.15) is 56.1 Å². The maximum atomic E-state index is 13.9. The minimum absolute atomic E-state index is 0.105. The van der Waals surface area contributed by atoms with E-state index in [2.05, 4.69) is 19.2 Å². The Morgan fingerprint density at radius 2 is 1.97 bits per heavy atom. The lowest BCUT2D eigenvalue weighted by atomic mass is 9.77. The largest absolute Gasteiger partial charge is 0.351 e. The Kier molecular flexibility index (Phi) is 5.55. The molecule has 5 rings (SSSR count). The molecule has 1 aliphatic heterocycles. The van der Waals surface area contributed by atoms with E-state index in [1.54, 1.807) is 28.4 Å². The van der Waals surface area contributed by atoms with E-state index in [0.717, 1.165) is 28.6 Å². The fourth-order valence-electron chi connectivity index (χ4n) is 5.40. The number of carbonyl (C=O) groups is 2. The van der Waals surface area contributed by atoms with E-state index in [-0.39, 0.29) is 30.2 Å². The number of nitrogens with one attached hydrogen (secondary N) is 1. The summed E-state index contributed by atoms with van der Waals surface area (Å²) in [5.74, 6) is 0.338. The van der Waals surface area contributed by atoms with Crippen LogP contribution in [0.15, 0.2) is 41.8 Å². The second kappa shape index (κ2) is 8.28. The normalized spacial score (nSPS) is 27.6. The Morgan fingerprint density at radius 3 is 2.73 bits per heavy atom. The zero-order chi connectivity index (χ0) is 23.3. The van der Waals surface area contributed by atoms with Crippen LogP contribution in [-0.4, -0.2) is 32.9 Å². The SMILES string of the molecule is C[C@H]1[C@H](C)CCC[C@@H]1NC(=O)[C@]1(C)Cn2c(cc3sccc32)C(=O)N1Cc1ccc(F)cc1. The van der Waals surface area contributed by atoms with Crippen LogP contribution in [0.2, 0.25) is 0 Å². The van der Waals surface area contributed by atoms with Crippen LogP contribution in [0.4, 0.5) is 4.39 Å². The highest BCUT2D eigenvalue weighted by Gasteiger charge is 2.48. The third-order valence-corrected chi connectivity index (χ3v) is 8.67. The minimum atomic E-state index is -1.06. The number of benzene rings is 1. The molecule has 1 N–H and O–H groups in total. The number of amides is 2. The molecule has 7 heteroatoms. The minimum Gasteiger partial charge on any atom is -0.351 e. The van der Waals surface area contributed by atoms with E-state index in [4.69, 9.17) is 0 Å². The van der Waals surface area contributed by atoms with Gasteiger partial charge in [-0.25, -0.2) is 4.39 Å². The van der Waals surface area contributed by atoms with E-state index in [9.17, 15) is 14.0 Å². The summed E-state index contributed by atoms with van der Waals surface area (Å²) in [6, 6.07) is 10.2. The molecule has 0 spiro atoms. The molecule has 2 amide bonds. The number of nitrogens with zero attached hydrogens (tertiary/aromatic N) is 2. The molecule has 1 fully saturated rings. The van der Waals surface area contributed by atoms with E-state index >= 15 is 0 Å². The van der Waals surface area contributed by atoms with Crippen LogP contribution in [0.3, 0.4) is 0 Å². The Balaban J connectivity index is 1.52. The fourth-order valence-corrected chi connectivity index (χ4v) is 6.23. The summed E-state index contributed by atoms with van der Waals surface area (Å²) in [6.07, 6.45) is 3.24. The first-order valence-electron chi connectivity index (χ1n) is 11.7. The Hall–Kier alpha value is -2.67. The average Bonchev–Trinajstić information content (AvgIpc) is 3.38. The molecule has 0 bridgehead atoms.